The van der Waals surface area contributed by atoms with Crippen molar-refractivity contribution in [3.05, 3.63) is 35.4 Å². The summed E-state index contributed by atoms with van der Waals surface area (Å²) in [6.45, 7) is 8.02. The van der Waals surface area contributed by atoms with Gasteiger partial charge in [0.2, 0.25) is 5.91 Å². The molecular formula is C17H26N2O. The summed E-state index contributed by atoms with van der Waals surface area (Å²) in [4.78, 5) is 14.7. The first-order valence-electron chi connectivity index (χ1n) is 7.59. The fraction of sp³-hybridized carbons (Fsp3) is 0.588. The molecule has 1 aliphatic rings. The van der Waals surface area contributed by atoms with E-state index in [4.69, 9.17) is 5.73 Å². The molecule has 0 aliphatic carbocycles. The molecule has 1 amide bonds. The molecule has 2 rings (SSSR count). The molecule has 3 atom stereocenters. The average Bonchev–Trinajstić information content (AvgIpc) is 2.43. The summed E-state index contributed by atoms with van der Waals surface area (Å²) in [7, 11) is 0. The van der Waals surface area contributed by atoms with Crippen molar-refractivity contribution in [3.8, 4) is 0 Å². The van der Waals surface area contributed by atoms with Crippen LogP contribution in [0.25, 0.3) is 0 Å². The minimum Gasteiger partial charge on any atom is -0.339 e. The van der Waals surface area contributed by atoms with E-state index in [1.54, 1.807) is 0 Å². The molecular weight excluding hydrogens is 248 g/mol. The molecule has 0 spiro atoms. The Balaban J connectivity index is 2.11. The molecule has 1 aromatic rings. The van der Waals surface area contributed by atoms with Gasteiger partial charge < -0.3 is 10.6 Å². The molecule has 110 valence electrons. The second-order valence-corrected chi connectivity index (χ2v) is 6.25. The first kappa shape index (κ1) is 15.0. The lowest BCUT2D eigenvalue weighted by Crippen LogP contribution is -2.49. The molecule has 0 radical (unpaired) electrons. The van der Waals surface area contributed by atoms with Crippen molar-refractivity contribution in [1.29, 1.82) is 0 Å². The highest BCUT2D eigenvalue weighted by Gasteiger charge is 2.31. The zero-order valence-corrected chi connectivity index (χ0v) is 12.8. The Labute approximate surface area is 122 Å². The highest BCUT2D eigenvalue weighted by atomic mass is 16.2. The average molecular weight is 274 g/mol. The van der Waals surface area contributed by atoms with Gasteiger partial charge in [-0.2, -0.15) is 0 Å². The molecule has 0 bridgehead atoms. The largest absolute Gasteiger partial charge is 0.339 e. The lowest BCUT2D eigenvalue weighted by molar-refractivity contribution is -0.136. The van der Waals surface area contributed by atoms with Gasteiger partial charge >= 0.3 is 0 Å². The van der Waals surface area contributed by atoms with Gasteiger partial charge in [0.25, 0.3) is 0 Å². The minimum absolute atomic E-state index is 0.233. The molecule has 0 aromatic heterocycles. The number of nitrogens with two attached hydrogens (primary N) is 1. The van der Waals surface area contributed by atoms with Gasteiger partial charge in [0, 0.05) is 19.1 Å². The van der Waals surface area contributed by atoms with E-state index in [2.05, 4.69) is 25.7 Å². The Morgan fingerprint density at radius 2 is 1.90 bits per heavy atom. The van der Waals surface area contributed by atoms with Crippen molar-refractivity contribution in [3.63, 3.8) is 0 Å². The quantitative estimate of drug-likeness (QED) is 0.921. The van der Waals surface area contributed by atoms with Crippen LogP contribution in [0.5, 0.6) is 0 Å². The highest BCUT2D eigenvalue weighted by Crippen LogP contribution is 2.27. The van der Waals surface area contributed by atoms with Crippen LogP contribution in [0.15, 0.2) is 24.3 Å². The van der Waals surface area contributed by atoms with Crippen LogP contribution in [0.2, 0.25) is 0 Å². The van der Waals surface area contributed by atoms with Gasteiger partial charge in [0.05, 0.1) is 6.42 Å². The number of likely N-dealkylation sites (tertiary alicyclic amines) is 1. The monoisotopic (exact) mass is 274 g/mol. The number of hydrogen-bond acceptors (Lipinski definition) is 2. The van der Waals surface area contributed by atoms with Gasteiger partial charge in [-0.05, 0) is 36.3 Å². The number of carbonyl (C=O) groups is 1. The molecule has 2 N–H and O–H groups in total. The summed E-state index contributed by atoms with van der Waals surface area (Å²) >= 11 is 0. The number of piperidine rings is 1. The maximum Gasteiger partial charge on any atom is 0.227 e. The van der Waals surface area contributed by atoms with Crippen LogP contribution < -0.4 is 5.73 Å². The number of amides is 1. The molecule has 3 heteroatoms. The summed E-state index contributed by atoms with van der Waals surface area (Å²) < 4.78 is 0. The molecule has 20 heavy (non-hydrogen) atoms. The topological polar surface area (TPSA) is 46.3 Å². The summed E-state index contributed by atoms with van der Waals surface area (Å²) in [5, 5.41) is 0. The van der Waals surface area contributed by atoms with Gasteiger partial charge in [-0.15, -0.1) is 0 Å². The van der Waals surface area contributed by atoms with Gasteiger partial charge in [-0.1, -0.05) is 38.1 Å². The second kappa shape index (κ2) is 6.40. The van der Waals surface area contributed by atoms with E-state index in [-0.39, 0.29) is 5.91 Å². The lowest BCUT2D eigenvalue weighted by atomic mass is 9.85. The van der Waals surface area contributed by atoms with Crippen LogP contribution in [0, 0.1) is 11.8 Å². The molecule has 1 heterocycles. The normalized spacial score (nSPS) is 26.6. The third kappa shape index (κ3) is 3.21. The first-order valence-corrected chi connectivity index (χ1v) is 7.59. The van der Waals surface area contributed by atoms with E-state index in [1.165, 1.54) is 6.42 Å². The van der Waals surface area contributed by atoms with Crippen molar-refractivity contribution in [2.24, 2.45) is 17.6 Å². The van der Waals surface area contributed by atoms with Gasteiger partial charge in [0.15, 0.2) is 0 Å². The number of hydrogen-bond donors (Lipinski definition) is 1. The zero-order chi connectivity index (χ0) is 14.7. The van der Waals surface area contributed by atoms with Crippen molar-refractivity contribution < 1.29 is 4.79 Å². The molecule has 3 unspecified atom stereocenters. The van der Waals surface area contributed by atoms with E-state index in [0.717, 1.165) is 17.7 Å². The van der Waals surface area contributed by atoms with E-state index >= 15 is 0 Å². The summed E-state index contributed by atoms with van der Waals surface area (Å²) in [6.07, 6.45) is 1.68. The number of benzene rings is 1. The van der Waals surface area contributed by atoms with E-state index in [0.29, 0.717) is 30.8 Å². The predicted molar refractivity (Wildman–Crippen MR) is 82.2 cm³/mol. The van der Waals surface area contributed by atoms with E-state index in [9.17, 15) is 4.79 Å². The van der Waals surface area contributed by atoms with Crippen molar-refractivity contribution in [2.45, 2.75) is 46.2 Å². The SMILES string of the molecule is CC1CC(C)C(C)N(C(=O)Cc2ccccc2CN)C1. The Hall–Kier alpha value is -1.35. The van der Waals surface area contributed by atoms with Crippen molar-refractivity contribution in [1.82, 2.24) is 4.90 Å². The Morgan fingerprint density at radius 3 is 2.55 bits per heavy atom. The minimum atomic E-state index is 0.233. The van der Waals surface area contributed by atoms with Crippen LogP contribution in [0.1, 0.15) is 38.3 Å². The van der Waals surface area contributed by atoms with Gasteiger partial charge in [0.1, 0.15) is 0 Å². The Morgan fingerprint density at radius 1 is 1.25 bits per heavy atom. The van der Waals surface area contributed by atoms with Crippen LogP contribution in [0.4, 0.5) is 0 Å². The third-order valence-corrected chi connectivity index (χ3v) is 4.60. The predicted octanol–water partition coefficient (Wildman–Crippen LogP) is 2.58. The maximum atomic E-state index is 12.6. The first-order chi connectivity index (χ1) is 9.52. The third-order valence-electron chi connectivity index (χ3n) is 4.60. The molecule has 1 aliphatic heterocycles. The molecule has 3 nitrogen and oxygen atoms in total. The second-order valence-electron chi connectivity index (χ2n) is 6.25. The highest BCUT2D eigenvalue weighted by molar-refractivity contribution is 5.79. The fourth-order valence-corrected chi connectivity index (χ4v) is 3.24. The fourth-order valence-electron chi connectivity index (χ4n) is 3.24. The number of rotatable bonds is 3. The van der Waals surface area contributed by atoms with Crippen LogP contribution in [-0.4, -0.2) is 23.4 Å². The number of carbonyl (C=O) groups excluding carboxylic acids is 1. The van der Waals surface area contributed by atoms with E-state index in [1.807, 2.05) is 24.3 Å². The zero-order valence-electron chi connectivity index (χ0n) is 12.8. The lowest BCUT2D eigenvalue weighted by Gasteiger charge is -2.41. The number of nitrogens with zero attached hydrogens (tertiary/aromatic N) is 1. The smallest absolute Gasteiger partial charge is 0.227 e. The van der Waals surface area contributed by atoms with Gasteiger partial charge in [-0.25, -0.2) is 0 Å². The van der Waals surface area contributed by atoms with E-state index < -0.39 is 0 Å². The standard InChI is InChI=1S/C17H26N2O/c1-12-8-13(2)14(3)19(11-12)17(20)9-15-6-4-5-7-16(15)10-18/h4-7,12-14H,8-11,18H2,1-3H3. The van der Waals surface area contributed by atoms with Crippen molar-refractivity contribution in [2.75, 3.05) is 6.54 Å². The van der Waals surface area contributed by atoms with Crippen LogP contribution in [-0.2, 0) is 17.8 Å². The Kier molecular flexibility index (Phi) is 4.81. The maximum absolute atomic E-state index is 12.6. The van der Waals surface area contributed by atoms with Crippen LogP contribution in [0.3, 0.4) is 0 Å². The molecule has 0 saturated carbocycles. The summed E-state index contributed by atoms with van der Waals surface area (Å²) in [5.41, 5.74) is 7.89. The summed E-state index contributed by atoms with van der Waals surface area (Å²) in [5.74, 6) is 1.40. The molecule has 1 saturated heterocycles. The van der Waals surface area contributed by atoms with Crippen LogP contribution >= 0.6 is 0 Å². The van der Waals surface area contributed by atoms with Crippen molar-refractivity contribution >= 4 is 5.91 Å². The molecule has 1 fully saturated rings. The Bertz CT molecular complexity index is 472. The summed E-state index contributed by atoms with van der Waals surface area (Å²) in [6, 6.07) is 8.31. The van der Waals surface area contributed by atoms with Gasteiger partial charge in [-0.3, -0.25) is 4.79 Å². The molecule has 1 aromatic carbocycles.